The van der Waals surface area contributed by atoms with Crippen LogP contribution in [0.3, 0.4) is 0 Å². The first-order valence-electron chi connectivity index (χ1n) is 6.35. The first-order chi connectivity index (χ1) is 8.78. The van der Waals surface area contributed by atoms with Crippen LogP contribution in [0.2, 0.25) is 0 Å². The van der Waals surface area contributed by atoms with Crippen molar-refractivity contribution in [3.05, 3.63) is 22.2 Å². The molecule has 0 aliphatic carbocycles. The molecule has 1 rings (SSSR count). The molecule has 106 valence electrons. The lowest BCUT2D eigenvalue weighted by atomic mass is 9.87. The summed E-state index contributed by atoms with van der Waals surface area (Å²) in [6.07, 6.45) is 5.34. The number of hydrogen-bond acceptors (Lipinski definition) is 4. The molecule has 5 heteroatoms. The van der Waals surface area contributed by atoms with E-state index in [9.17, 15) is 9.90 Å². The van der Waals surface area contributed by atoms with Gasteiger partial charge in [0.2, 0.25) is 5.91 Å². The minimum absolute atomic E-state index is 0.112. The van der Waals surface area contributed by atoms with Crippen molar-refractivity contribution in [1.29, 1.82) is 0 Å². The molecule has 0 saturated carbocycles. The van der Waals surface area contributed by atoms with E-state index in [1.807, 2.05) is 20.8 Å². The fraction of sp³-hybridized carbons (Fsp3) is 0.571. The quantitative estimate of drug-likeness (QED) is 0.787. The second-order valence-corrected chi connectivity index (χ2v) is 6.82. The van der Waals surface area contributed by atoms with E-state index in [1.54, 1.807) is 30.5 Å². The Morgan fingerprint density at radius 3 is 2.84 bits per heavy atom. The molecule has 1 atom stereocenters. The third-order valence-electron chi connectivity index (χ3n) is 2.63. The Bertz CT molecular complexity index is 450. The van der Waals surface area contributed by atoms with Crippen molar-refractivity contribution in [2.45, 2.75) is 40.2 Å². The third kappa shape index (κ3) is 6.50. The summed E-state index contributed by atoms with van der Waals surface area (Å²) in [5.74, 6) is -0.121. The van der Waals surface area contributed by atoms with Gasteiger partial charge in [0, 0.05) is 23.7 Å². The number of aromatic nitrogens is 1. The van der Waals surface area contributed by atoms with Gasteiger partial charge in [0.05, 0.1) is 11.1 Å². The standard InChI is InChI=1S/C14H22N2O2S/c1-10(17)7-14(3,4)9-16-13(18)6-5-12-8-15-11(2)19-12/h5-6,8,10,17H,7,9H2,1-4H3,(H,16,18). The number of aryl methyl sites for hydroxylation is 1. The zero-order valence-corrected chi connectivity index (χ0v) is 12.8. The molecule has 0 spiro atoms. The molecule has 0 aliphatic rings. The fourth-order valence-corrected chi connectivity index (χ4v) is 2.56. The predicted molar refractivity (Wildman–Crippen MR) is 79.0 cm³/mol. The normalized spacial score (nSPS) is 13.7. The van der Waals surface area contributed by atoms with Crippen LogP contribution in [0.5, 0.6) is 0 Å². The van der Waals surface area contributed by atoms with Gasteiger partial charge < -0.3 is 10.4 Å². The van der Waals surface area contributed by atoms with Gasteiger partial charge in [-0.1, -0.05) is 13.8 Å². The zero-order chi connectivity index (χ0) is 14.5. The Morgan fingerprint density at radius 2 is 2.32 bits per heavy atom. The van der Waals surface area contributed by atoms with Crippen LogP contribution in [-0.4, -0.2) is 28.6 Å². The van der Waals surface area contributed by atoms with Gasteiger partial charge in [-0.05, 0) is 31.8 Å². The smallest absolute Gasteiger partial charge is 0.244 e. The minimum Gasteiger partial charge on any atom is -0.393 e. The van der Waals surface area contributed by atoms with Crippen LogP contribution in [0.4, 0.5) is 0 Å². The van der Waals surface area contributed by atoms with Crippen LogP contribution in [-0.2, 0) is 4.79 Å². The zero-order valence-electron chi connectivity index (χ0n) is 11.9. The molecule has 0 aliphatic heterocycles. The summed E-state index contributed by atoms with van der Waals surface area (Å²) >= 11 is 1.55. The molecule has 2 N–H and O–H groups in total. The largest absolute Gasteiger partial charge is 0.393 e. The van der Waals surface area contributed by atoms with Crippen molar-refractivity contribution in [3.63, 3.8) is 0 Å². The highest BCUT2D eigenvalue weighted by molar-refractivity contribution is 7.12. The SMILES string of the molecule is Cc1ncc(C=CC(=O)NCC(C)(C)CC(C)O)s1. The lowest BCUT2D eigenvalue weighted by molar-refractivity contribution is -0.117. The van der Waals surface area contributed by atoms with E-state index in [2.05, 4.69) is 10.3 Å². The maximum atomic E-state index is 11.7. The molecule has 19 heavy (non-hydrogen) atoms. The number of amides is 1. The second kappa shape index (κ2) is 6.82. The Kier molecular flexibility index (Phi) is 5.69. The van der Waals surface area contributed by atoms with Crippen LogP contribution in [0.1, 0.15) is 37.1 Å². The number of rotatable bonds is 6. The van der Waals surface area contributed by atoms with Crippen LogP contribution >= 0.6 is 11.3 Å². The summed E-state index contributed by atoms with van der Waals surface area (Å²) < 4.78 is 0. The molecule has 0 fully saturated rings. The maximum absolute atomic E-state index is 11.7. The number of aliphatic hydroxyl groups is 1. The highest BCUT2D eigenvalue weighted by Crippen LogP contribution is 2.21. The topological polar surface area (TPSA) is 62.2 Å². The van der Waals surface area contributed by atoms with Gasteiger partial charge in [-0.15, -0.1) is 11.3 Å². The van der Waals surface area contributed by atoms with E-state index in [1.165, 1.54) is 6.08 Å². The molecule has 1 aromatic rings. The number of carbonyl (C=O) groups excluding carboxylic acids is 1. The monoisotopic (exact) mass is 282 g/mol. The molecule has 4 nitrogen and oxygen atoms in total. The van der Waals surface area contributed by atoms with Crippen molar-refractivity contribution in [2.75, 3.05) is 6.54 Å². The van der Waals surface area contributed by atoms with E-state index in [-0.39, 0.29) is 17.4 Å². The van der Waals surface area contributed by atoms with Gasteiger partial charge in [0.15, 0.2) is 0 Å². The first kappa shape index (κ1) is 15.9. The Labute approximate surface area is 118 Å². The van der Waals surface area contributed by atoms with Gasteiger partial charge >= 0.3 is 0 Å². The summed E-state index contributed by atoms with van der Waals surface area (Å²) in [6, 6.07) is 0. The number of aliphatic hydroxyl groups excluding tert-OH is 1. The van der Waals surface area contributed by atoms with Gasteiger partial charge in [-0.3, -0.25) is 4.79 Å². The summed E-state index contributed by atoms with van der Waals surface area (Å²) in [5.41, 5.74) is -0.112. The molecule has 0 aromatic carbocycles. The second-order valence-electron chi connectivity index (χ2n) is 5.55. The Hall–Kier alpha value is -1.20. The molecule has 1 aromatic heterocycles. The van der Waals surface area contributed by atoms with Gasteiger partial charge in [0.25, 0.3) is 0 Å². The summed E-state index contributed by atoms with van der Waals surface area (Å²) in [6.45, 7) is 8.28. The van der Waals surface area contributed by atoms with Gasteiger partial charge in [0.1, 0.15) is 0 Å². The average molecular weight is 282 g/mol. The Balaban J connectivity index is 2.41. The van der Waals surface area contributed by atoms with Crippen molar-refractivity contribution in [3.8, 4) is 0 Å². The first-order valence-corrected chi connectivity index (χ1v) is 7.16. The van der Waals surface area contributed by atoms with Crippen LogP contribution in [0.25, 0.3) is 6.08 Å². The number of nitrogens with one attached hydrogen (secondary N) is 1. The molecule has 0 saturated heterocycles. The fourth-order valence-electron chi connectivity index (χ4n) is 1.87. The molecule has 1 heterocycles. The van der Waals surface area contributed by atoms with E-state index < -0.39 is 0 Å². The van der Waals surface area contributed by atoms with Crippen molar-refractivity contribution >= 4 is 23.3 Å². The van der Waals surface area contributed by atoms with Crippen molar-refractivity contribution in [1.82, 2.24) is 10.3 Å². The molecule has 0 radical (unpaired) electrons. The lowest BCUT2D eigenvalue weighted by Gasteiger charge is -2.26. The third-order valence-corrected chi connectivity index (χ3v) is 3.51. The highest BCUT2D eigenvalue weighted by Gasteiger charge is 2.20. The highest BCUT2D eigenvalue weighted by atomic mass is 32.1. The molecule has 0 bridgehead atoms. The molecular weight excluding hydrogens is 260 g/mol. The van der Waals surface area contributed by atoms with E-state index >= 15 is 0 Å². The van der Waals surface area contributed by atoms with Crippen LogP contribution in [0.15, 0.2) is 12.3 Å². The lowest BCUT2D eigenvalue weighted by Crippen LogP contribution is -2.34. The number of carbonyl (C=O) groups is 1. The summed E-state index contributed by atoms with van der Waals surface area (Å²) in [7, 11) is 0. The minimum atomic E-state index is -0.359. The van der Waals surface area contributed by atoms with E-state index in [4.69, 9.17) is 0 Å². The number of nitrogens with zero attached hydrogens (tertiary/aromatic N) is 1. The predicted octanol–water partition coefficient (Wildman–Crippen LogP) is 2.38. The average Bonchev–Trinajstić information content (AvgIpc) is 2.68. The van der Waals surface area contributed by atoms with Gasteiger partial charge in [-0.25, -0.2) is 4.98 Å². The van der Waals surface area contributed by atoms with E-state index in [0.29, 0.717) is 13.0 Å². The van der Waals surface area contributed by atoms with Crippen molar-refractivity contribution in [2.24, 2.45) is 5.41 Å². The van der Waals surface area contributed by atoms with Gasteiger partial charge in [-0.2, -0.15) is 0 Å². The number of hydrogen-bond donors (Lipinski definition) is 2. The van der Waals surface area contributed by atoms with E-state index in [0.717, 1.165) is 9.88 Å². The van der Waals surface area contributed by atoms with Crippen LogP contribution in [0, 0.1) is 12.3 Å². The Morgan fingerprint density at radius 1 is 1.63 bits per heavy atom. The maximum Gasteiger partial charge on any atom is 0.244 e. The molecule has 1 unspecified atom stereocenters. The van der Waals surface area contributed by atoms with Crippen molar-refractivity contribution < 1.29 is 9.90 Å². The summed E-state index contributed by atoms with van der Waals surface area (Å²) in [4.78, 5) is 16.8. The molecular formula is C14H22N2O2S. The number of thiazole rings is 1. The molecule has 1 amide bonds. The summed E-state index contributed by atoms with van der Waals surface area (Å²) in [5, 5.41) is 13.2. The van der Waals surface area contributed by atoms with Crippen LogP contribution < -0.4 is 5.32 Å².